The third-order valence-electron chi connectivity index (χ3n) is 3.59. The van der Waals surface area contributed by atoms with Crippen LogP contribution < -0.4 is 4.74 Å². The Bertz CT molecular complexity index is 475. The number of ether oxygens (including phenoxy) is 1. The zero-order valence-corrected chi connectivity index (χ0v) is 16.3. The van der Waals surface area contributed by atoms with Crippen LogP contribution in [0.5, 0.6) is 5.88 Å². The Morgan fingerprint density at radius 1 is 1.23 bits per heavy atom. The molecule has 0 spiro atoms. The highest BCUT2D eigenvalue weighted by atomic mass is 127. The van der Waals surface area contributed by atoms with Crippen LogP contribution >= 0.6 is 24.0 Å². The molecule has 0 bridgehead atoms. The summed E-state index contributed by atoms with van der Waals surface area (Å²) < 4.78 is 5.94. The fourth-order valence-corrected chi connectivity index (χ4v) is 2.64. The maximum atomic E-state index is 5.94. The van der Waals surface area contributed by atoms with E-state index in [-0.39, 0.29) is 24.0 Å². The minimum atomic E-state index is 0. The Morgan fingerprint density at radius 3 is 2.45 bits per heavy atom. The number of guanidine groups is 1. The van der Waals surface area contributed by atoms with E-state index in [1.807, 2.05) is 50.1 Å². The average Bonchev–Trinajstić information content (AvgIpc) is 2.91. The van der Waals surface area contributed by atoms with Gasteiger partial charge in [-0.25, -0.2) is 9.98 Å². The SMILES string of the molecule is CN(C)C(=NCc1ccnc(OC2CCCC2)c1)N(C)C.I. The van der Waals surface area contributed by atoms with Gasteiger partial charge in [0.1, 0.15) is 6.10 Å². The summed E-state index contributed by atoms with van der Waals surface area (Å²) in [7, 11) is 8.00. The third kappa shape index (κ3) is 5.62. The zero-order chi connectivity index (χ0) is 15.2. The molecule has 1 saturated carbocycles. The van der Waals surface area contributed by atoms with Crippen LogP contribution in [-0.4, -0.2) is 55.0 Å². The monoisotopic (exact) mass is 418 g/mol. The third-order valence-corrected chi connectivity index (χ3v) is 3.59. The van der Waals surface area contributed by atoms with Crippen LogP contribution in [0.15, 0.2) is 23.3 Å². The van der Waals surface area contributed by atoms with Crippen LogP contribution in [0.1, 0.15) is 31.2 Å². The van der Waals surface area contributed by atoms with Gasteiger partial charge in [-0.05, 0) is 37.3 Å². The molecule has 1 aliphatic carbocycles. The first-order chi connectivity index (χ1) is 10.1. The predicted octanol–water partition coefficient (Wildman–Crippen LogP) is 3.00. The molecule has 1 aromatic rings. The van der Waals surface area contributed by atoms with Gasteiger partial charge < -0.3 is 14.5 Å². The fraction of sp³-hybridized carbons (Fsp3) is 0.625. The van der Waals surface area contributed by atoms with Crippen molar-refractivity contribution in [3.63, 3.8) is 0 Å². The van der Waals surface area contributed by atoms with Crippen molar-refractivity contribution in [2.24, 2.45) is 4.99 Å². The Hall–Kier alpha value is -1.05. The van der Waals surface area contributed by atoms with Gasteiger partial charge in [0, 0.05) is 40.5 Å². The van der Waals surface area contributed by atoms with Crippen LogP contribution in [0.25, 0.3) is 0 Å². The van der Waals surface area contributed by atoms with Gasteiger partial charge in [-0.3, -0.25) is 0 Å². The standard InChI is InChI=1S/C16H26N4O.HI/c1-19(2)16(20(3)4)18-12-13-9-10-17-15(11-13)21-14-7-5-6-8-14;/h9-11,14H,5-8,12H2,1-4H3;1H. The Morgan fingerprint density at radius 2 is 1.86 bits per heavy atom. The number of hydrogen-bond donors (Lipinski definition) is 0. The molecule has 0 N–H and O–H groups in total. The molecule has 1 heterocycles. The zero-order valence-electron chi connectivity index (χ0n) is 14.0. The van der Waals surface area contributed by atoms with Crippen molar-refractivity contribution in [1.29, 1.82) is 0 Å². The van der Waals surface area contributed by atoms with Crippen molar-refractivity contribution >= 4 is 29.9 Å². The van der Waals surface area contributed by atoms with Gasteiger partial charge in [-0.1, -0.05) is 0 Å². The van der Waals surface area contributed by atoms with E-state index < -0.39 is 0 Å². The molecule has 0 atom stereocenters. The van der Waals surface area contributed by atoms with Gasteiger partial charge in [0.15, 0.2) is 5.96 Å². The molecule has 0 amide bonds. The van der Waals surface area contributed by atoms with Crippen molar-refractivity contribution in [3.05, 3.63) is 23.9 Å². The number of halogens is 1. The van der Waals surface area contributed by atoms with Crippen LogP contribution in [0.2, 0.25) is 0 Å². The quantitative estimate of drug-likeness (QED) is 0.428. The summed E-state index contributed by atoms with van der Waals surface area (Å²) in [5.41, 5.74) is 1.12. The summed E-state index contributed by atoms with van der Waals surface area (Å²) in [5, 5.41) is 0. The average molecular weight is 418 g/mol. The highest BCUT2D eigenvalue weighted by molar-refractivity contribution is 14.0. The summed E-state index contributed by atoms with van der Waals surface area (Å²) in [5.74, 6) is 1.68. The Kier molecular flexibility index (Phi) is 7.92. The first-order valence-electron chi connectivity index (χ1n) is 7.57. The number of hydrogen-bond acceptors (Lipinski definition) is 3. The van der Waals surface area contributed by atoms with Crippen molar-refractivity contribution in [2.45, 2.75) is 38.3 Å². The van der Waals surface area contributed by atoms with Crippen LogP contribution in [0.3, 0.4) is 0 Å². The minimum Gasteiger partial charge on any atom is -0.474 e. The molecule has 6 heteroatoms. The first-order valence-corrected chi connectivity index (χ1v) is 7.57. The summed E-state index contributed by atoms with van der Waals surface area (Å²) >= 11 is 0. The molecule has 1 aromatic heterocycles. The second-order valence-electron chi connectivity index (χ2n) is 5.93. The van der Waals surface area contributed by atoms with Gasteiger partial charge in [0.05, 0.1) is 6.54 Å². The van der Waals surface area contributed by atoms with E-state index in [0.29, 0.717) is 12.6 Å². The van der Waals surface area contributed by atoms with E-state index in [9.17, 15) is 0 Å². The lowest BCUT2D eigenvalue weighted by atomic mass is 10.2. The van der Waals surface area contributed by atoms with Gasteiger partial charge in [0.2, 0.25) is 5.88 Å². The molecule has 2 rings (SSSR count). The maximum Gasteiger partial charge on any atom is 0.213 e. The molecule has 1 fully saturated rings. The molecular weight excluding hydrogens is 391 g/mol. The summed E-state index contributed by atoms with van der Waals surface area (Å²) in [4.78, 5) is 13.0. The Balaban J connectivity index is 0.00000242. The molecule has 0 aliphatic heterocycles. The highest BCUT2D eigenvalue weighted by Crippen LogP contribution is 2.23. The van der Waals surface area contributed by atoms with E-state index >= 15 is 0 Å². The lowest BCUT2D eigenvalue weighted by Crippen LogP contribution is -2.35. The summed E-state index contributed by atoms with van der Waals surface area (Å²) in [6.07, 6.45) is 6.98. The normalized spacial score (nSPS) is 14.2. The predicted molar refractivity (Wildman–Crippen MR) is 101 cm³/mol. The minimum absolute atomic E-state index is 0. The van der Waals surface area contributed by atoms with E-state index in [1.165, 1.54) is 12.8 Å². The van der Waals surface area contributed by atoms with E-state index in [4.69, 9.17) is 4.74 Å². The molecule has 0 saturated heterocycles. The molecule has 5 nitrogen and oxygen atoms in total. The van der Waals surface area contributed by atoms with Crippen molar-refractivity contribution in [3.8, 4) is 5.88 Å². The molecule has 1 aliphatic rings. The van der Waals surface area contributed by atoms with Crippen molar-refractivity contribution in [2.75, 3.05) is 28.2 Å². The topological polar surface area (TPSA) is 41.0 Å². The van der Waals surface area contributed by atoms with Crippen LogP contribution in [0, 0.1) is 0 Å². The summed E-state index contributed by atoms with van der Waals surface area (Å²) in [6.45, 7) is 0.634. The second kappa shape index (κ2) is 9.17. The largest absolute Gasteiger partial charge is 0.474 e. The first kappa shape index (κ1) is 19.0. The van der Waals surface area contributed by atoms with E-state index in [2.05, 4.69) is 9.98 Å². The van der Waals surface area contributed by atoms with E-state index in [0.717, 1.165) is 30.2 Å². The molecule has 0 unspecified atom stereocenters. The molecule has 0 radical (unpaired) electrons. The second-order valence-corrected chi connectivity index (χ2v) is 5.93. The number of nitrogens with zero attached hydrogens (tertiary/aromatic N) is 4. The van der Waals surface area contributed by atoms with Gasteiger partial charge >= 0.3 is 0 Å². The van der Waals surface area contributed by atoms with E-state index in [1.54, 1.807) is 6.20 Å². The number of aromatic nitrogens is 1. The fourth-order valence-electron chi connectivity index (χ4n) is 2.64. The van der Waals surface area contributed by atoms with Gasteiger partial charge in [-0.2, -0.15) is 0 Å². The number of aliphatic imine (C=N–C) groups is 1. The molecule has 22 heavy (non-hydrogen) atoms. The number of rotatable bonds is 4. The summed E-state index contributed by atoms with van der Waals surface area (Å²) in [6, 6.07) is 4.00. The molecule has 0 aromatic carbocycles. The molecule has 124 valence electrons. The lowest BCUT2D eigenvalue weighted by molar-refractivity contribution is 0.201. The highest BCUT2D eigenvalue weighted by Gasteiger charge is 2.17. The molecular formula is C16H27IN4O. The van der Waals surface area contributed by atoms with Crippen LogP contribution in [0.4, 0.5) is 0 Å². The smallest absolute Gasteiger partial charge is 0.213 e. The number of pyridine rings is 1. The lowest BCUT2D eigenvalue weighted by Gasteiger charge is -2.22. The van der Waals surface area contributed by atoms with Crippen molar-refractivity contribution in [1.82, 2.24) is 14.8 Å². The van der Waals surface area contributed by atoms with Gasteiger partial charge in [-0.15, -0.1) is 24.0 Å². The maximum absolute atomic E-state index is 5.94. The Labute approximate surface area is 150 Å². The van der Waals surface area contributed by atoms with Gasteiger partial charge in [0.25, 0.3) is 0 Å². The van der Waals surface area contributed by atoms with Crippen LogP contribution in [-0.2, 0) is 6.54 Å². The van der Waals surface area contributed by atoms with Crippen molar-refractivity contribution < 1.29 is 4.74 Å².